The molecule has 7 nitrogen and oxygen atoms in total. The molecule has 0 saturated carbocycles. The van der Waals surface area contributed by atoms with Gasteiger partial charge in [0.1, 0.15) is 11.3 Å². The summed E-state index contributed by atoms with van der Waals surface area (Å²) >= 11 is 0. The molecular weight excluding hydrogens is 266 g/mol. The molecule has 0 unspecified atom stereocenters. The summed E-state index contributed by atoms with van der Waals surface area (Å²) in [6, 6.07) is 3.00. The molecule has 0 bridgehead atoms. The molecule has 1 aliphatic rings. The first kappa shape index (κ1) is 13.9. The van der Waals surface area contributed by atoms with E-state index in [1.807, 2.05) is 0 Å². The molecule has 20 heavy (non-hydrogen) atoms. The van der Waals surface area contributed by atoms with Crippen LogP contribution in [-0.2, 0) is 23.8 Å². The summed E-state index contributed by atoms with van der Waals surface area (Å²) in [6.45, 7) is 2.92. The quantitative estimate of drug-likeness (QED) is 0.493. The number of hydrogen-bond donors (Lipinski definition) is 1. The van der Waals surface area contributed by atoms with E-state index in [1.54, 1.807) is 0 Å². The highest BCUT2D eigenvalue weighted by molar-refractivity contribution is 6.18. The van der Waals surface area contributed by atoms with E-state index in [9.17, 15) is 14.4 Å². The standard InChI is InChI=1S/C13H13NO6/c1-13(2)19-10(15)8(11(16)20-13)6-7-4-5-9(14-7)12(17)18-3/h4-6,14H,1-3H3. The van der Waals surface area contributed by atoms with Gasteiger partial charge in [-0.05, 0) is 18.2 Å². The second kappa shape index (κ2) is 4.84. The minimum absolute atomic E-state index is 0.206. The van der Waals surface area contributed by atoms with Crippen LogP contribution in [0.25, 0.3) is 6.08 Å². The highest BCUT2D eigenvalue weighted by Crippen LogP contribution is 2.23. The van der Waals surface area contributed by atoms with Gasteiger partial charge >= 0.3 is 17.9 Å². The average Bonchev–Trinajstić information content (AvgIpc) is 2.80. The Hall–Kier alpha value is -2.57. The number of hydrogen-bond acceptors (Lipinski definition) is 6. The molecule has 0 aromatic carbocycles. The first-order chi connectivity index (χ1) is 9.32. The number of H-pyrrole nitrogens is 1. The number of rotatable bonds is 2. The fourth-order valence-electron chi connectivity index (χ4n) is 1.66. The third-order valence-electron chi connectivity index (χ3n) is 2.53. The summed E-state index contributed by atoms with van der Waals surface area (Å²) in [5.74, 6) is -3.39. The molecule has 1 N–H and O–H groups in total. The van der Waals surface area contributed by atoms with Gasteiger partial charge in [-0.25, -0.2) is 14.4 Å². The fraction of sp³-hybridized carbons (Fsp3) is 0.308. The van der Waals surface area contributed by atoms with E-state index in [2.05, 4.69) is 9.72 Å². The second-order valence-electron chi connectivity index (χ2n) is 4.56. The number of aromatic amines is 1. The van der Waals surface area contributed by atoms with Crippen molar-refractivity contribution in [1.29, 1.82) is 0 Å². The van der Waals surface area contributed by atoms with Gasteiger partial charge in [0.15, 0.2) is 0 Å². The molecule has 1 fully saturated rings. The smallest absolute Gasteiger partial charge is 0.354 e. The first-order valence-electron chi connectivity index (χ1n) is 5.78. The van der Waals surface area contributed by atoms with Crippen LogP contribution >= 0.6 is 0 Å². The van der Waals surface area contributed by atoms with Gasteiger partial charge in [0.25, 0.3) is 5.79 Å². The monoisotopic (exact) mass is 279 g/mol. The van der Waals surface area contributed by atoms with Crippen LogP contribution in [0.5, 0.6) is 0 Å². The van der Waals surface area contributed by atoms with Gasteiger partial charge in [0.2, 0.25) is 0 Å². The van der Waals surface area contributed by atoms with Crippen molar-refractivity contribution in [2.24, 2.45) is 0 Å². The van der Waals surface area contributed by atoms with E-state index < -0.39 is 23.7 Å². The Balaban J connectivity index is 2.27. The summed E-state index contributed by atoms with van der Waals surface area (Å²) in [6.07, 6.45) is 1.26. The summed E-state index contributed by atoms with van der Waals surface area (Å²) in [5.41, 5.74) is 0.342. The van der Waals surface area contributed by atoms with Crippen molar-refractivity contribution in [3.05, 3.63) is 29.1 Å². The number of cyclic esters (lactones) is 2. The molecule has 0 atom stereocenters. The molecule has 1 saturated heterocycles. The largest absolute Gasteiger partial charge is 0.464 e. The van der Waals surface area contributed by atoms with Crippen LogP contribution in [0.1, 0.15) is 30.0 Å². The van der Waals surface area contributed by atoms with Crippen LogP contribution in [0.4, 0.5) is 0 Å². The lowest BCUT2D eigenvalue weighted by atomic mass is 10.2. The minimum Gasteiger partial charge on any atom is -0.464 e. The van der Waals surface area contributed by atoms with Gasteiger partial charge in [0.05, 0.1) is 7.11 Å². The number of ether oxygens (including phenoxy) is 3. The molecule has 2 heterocycles. The van der Waals surface area contributed by atoms with Crippen molar-refractivity contribution >= 4 is 24.0 Å². The number of aromatic nitrogens is 1. The summed E-state index contributed by atoms with van der Waals surface area (Å²) in [5, 5.41) is 0. The maximum atomic E-state index is 11.7. The van der Waals surface area contributed by atoms with Crippen LogP contribution in [0.15, 0.2) is 17.7 Å². The van der Waals surface area contributed by atoms with Crippen LogP contribution in [-0.4, -0.2) is 35.8 Å². The van der Waals surface area contributed by atoms with E-state index in [-0.39, 0.29) is 11.3 Å². The maximum absolute atomic E-state index is 11.7. The number of carbonyl (C=O) groups is 3. The number of esters is 3. The highest BCUT2D eigenvalue weighted by Gasteiger charge is 2.38. The molecule has 2 rings (SSSR count). The molecular formula is C13H13NO6. The zero-order valence-corrected chi connectivity index (χ0v) is 11.2. The molecule has 0 amide bonds. The molecule has 106 valence electrons. The molecule has 0 radical (unpaired) electrons. The van der Waals surface area contributed by atoms with Crippen LogP contribution in [0.2, 0.25) is 0 Å². The van der Waals surface area contributed by atoms with E-state index in [0.29, 0.717) is 5.69 Å². The maximum Gasteiger partial charge on any atom is 0.354 e. The van der Waals surface area contributed by atoms with Crippen molar-refractivity contribution in [2.45, 2.75) is 19.6 Å². The van der Waals surface area contributed by atoms with E-state index in [0.717, 1.165) is 0 Å². The third-order valence-corrected chi connectivity index (χ3v) is 2.53. The average molecular weight is 279 g/mol. The van der Waals surface area contributed by atoms with E-state index >= 15 is 0 Å². The Labute approximate surface area is 114 Å². The van der Waals surface area contributed by atoms with Crippen molar-refractivity contribution < 1.29 is 28.6 Å². The lowest BCUT2D eigenvalue weighted by Gasteiger charge is -2.29. The molecule has 0 aliphatic carbocycles. The van der Waals surface area contributed by atoms with Gasteiger partial charge in [-0.2, -0.15) is 0 Å². The predicted molar refractivity (Wildman–Crippen MR) is 66.4 cm³/mol. The number of carbonyl (C=O) groups excluding carboxylic acids is 3. The minimum atomic E-state index is -1.28. The van der Waals surface area contributed by atoms with Gasteiger partial charge in [-0.15, -0.1) is 0 Å². The van der Waals surface area contributed by atoms with E-state index in [1.165, 1.54) is 39.2 Å². The highest BCUT2D eigenvalue weighted by atomic mass is 16.7. The lowest BCUT2D eigenvalue weighted by Crippen LogP contribution is -2.41. The van der Waals surface area contributed by atoms with Crippen molar-refractivity contribution in [2.75, 3.05) is 7.11 Å². The second-order valence-corrected chi connectivity index (χ2v) is 4.56. The Morgan fingerprint density at radius 3 is 2.40 bits per heavy atom. The fourth-order valence-corrected chi connectivity index (χ4v) is 1.66. The van der Waals surface area contributed by atoms with Crippen molar-refractivity contribution in [3.8, 4) is 0 Å². The Bertz CT molecular complexity index is 588. The Morgan fingerprint density at radius 2 is 1.85 bits per heavy atom. The SMILES string of the molecule is COC(=O)c1ccc(C=C2C(=O)OC(C)(C)OC2=O)[nH]1. The van der Waals surface area contributed by atoms with Gasteiger partial charge in [-0.3, -0.25) is 0 Å². The topological polar surface area (TPSA) is 94.7 Å². The van der Waals surface area contributed by atoms with Crippen molar-refractivity contribution in [1.82, 2.24) is 4.98 Å². The zero-order chi connectivity index (χ0) is 14.9. The summed E-state index contributed by atoms with van der Waals surface area (Å²) in [7, 11) is 1.25. The van der Waals surface area contributed by atoms with Crippen LogP contribution < -0.4 is 0 Å². The molecule has 1 aromatic rings. The Kier molecular flexibility index (Phi) is 3.35. The number of nitrogens with one attached hydrogen (secondary N) is 1. The third kappa shape index (κ3) is 2.71. The lowest BCUT2D eigenvalue weighted by molar-refractivity contribution is -0.222. The van der Waals surface area contributed by atoms with Crippen molar-refractivity contribution in [3.63, 3.8) is 0 Å². The van der Waals surface area contributed by atoms with Crippen LogP contribution in [0.3, 0.4) is 0 Å². The number of methoxy groups -OCH3 is 1. The molecule has 7 heteroatoms. The Morgan fingerprint density at radius 1 is 1.25 bits per heavy atom. The molecule has 1 aromatic heterocycles. The zero-order valence-electron chi connectivity index (χ0n) is 11.2. The molecule has 0 spiro atoms. The van der Waals surface area contributed by atoms with Gasteiger partial charge < -0.3 is 19.2 Å². The van der Waals surface area contributed by atoms with Crippen LogP contribution in [0, 0.1) is 0 Å². The first-order valence-corrected chi connectivity index (χ1v) is 5.78. The summed E-state index contributed by atoms with van der Waals surface area (Å²) < 4.78 is 14.4. The normalized spacial score (nSPS) is 17.2. The van der Waals surface area contributed by atoms with E-state index in [4.69, 9.17) is 9.47 Å². The summed E-state index contributed by atoms with van der Waals surface area (Å²) in [4.78, 5) is 37.4. The van der Waals surface area contributed by atoms with Gasteiger partial charge in [-0.1, -0.05) is 0 Å². The van der Waals surface area contributed by atoms with Gasteiger partial charge in [0, 0.05) is 19.5 Å². The predicted octanol–water partition coefficient (Wildman–Crippen LogP) is 1.02. The molecule has 1 aliphatic heterocycles.